The quantitative estimate of drug-likeness (QED) is 0.481. The average molecular weight is 443 g/mol. The summed E-state index contributed by atoms with van der Waals surface area (Å²) < 4.78 is 22.2. The maximum absolute atomic E-state index is 13.0. The highest BCUT2D eigenvalue weighted by atomic mass is 16.7. The second-order valence-electron chi connectivity index (χ2n) is 7.64. The van der Waals surface area contributed by atoms with Gasteiger partial charge in [-0.15, -0.1) is 0 Å². The fraction of sp³-hybridized carbons (Fsp3) is 0.154. The predicted octanol–water partition coefficient (Wildman–Crippen LogP) is 4.19. The normalized spacial score (nSPS) is 12.0. The van der Waals surface area contributed by atoms with Gasteiger partial charge in [0.2, 0.25) is 12.2 Å². The second kappa shape index (κ2) is 8.70. The number of carbonyl (C=O) groups is 1. The van der Waals surface area contributed by atoms with Crippen molar-refractivity contribution in [3.05, 3.63) is 88.3 Å². The lowest BCUT2D eigenvalue weighted by atomic mass is 10.0. The van der Waals surface area contributed by atoms with E-state index in [2.05, 4.69) is 5.32 Å². The van der Waals surface area contributed by atoms with Crippen molar-refractivity contribution in [2.45, 2.75) is 13.5 Å². The minimum Gasteiger partial charge on any atom is -0.484 e. The van der Waals surface area contributed by atoms with Gasteiger partial charge in [-0.1, -0.05) is 36.4 Å². The fourth-order valence-corrected chi connectivity index (χ4v) is 3.77. The molecule has 0 radical (unpaired) electrons. The number of hydrogen-bond acceptors (Lipinski definition) is 6. The van der Waals surface area contributed by atoms with E-state index in [1.54, 1.807) is 25.1 Å². The van der Waals surface area contributed by atoms with Crippen LogP contribution in [0.3, 0.4) is 0 Å². The number of rotatable bonds is 6. The molecular weight excluding hydrogens is 422 g/mol. The molecule has 3 aromatic carbocycles. The molecule has 4 aromatic rings. The number of benzene rings is 3. The number of amides is 1. The zero-order chi connectivity index (χ0) is 22.8. The summed E-state index contributed by atoms with van der Waals surface area (Å²) in [5, 5.41) is 3.27. The first-order valence-corrected chi connectivity index (χ1v) is 10.5. The highest BCUT2D eigenvalue weighted by molar-refractivity contribution is 5.84. The third-order valence-electron chi connectivity index (χ3n) is 5.40. The summed E-state index contributed by atoms with van der Waals surface area (Å²) in [6.07, 6.45) is 0. The molecule has 0 spiro atoms. The highest BCUT2D eigenvalue weighted by Gasteiger charge is 2.15. The van der Waals surface area contributed by atoms with Crippen LogP contribution in [-0.4, -0.2) is 19.3 Å². The Labute approximate surface area is 189 Å². The van der Waals surface area contributed by atoms with Gasteiger partial charge in [0.15, 0.2) is 18.1 Å². The molecule has 0 atom stereocenters. The molecule has 1 aliphatic heterocycles. The minimum absolute atomic E-state index is 0.104. The zero-order valence-electron chi connectivity index (χ0n) is 17.9. The van der Waals surface area contributed by atoms with Crippen molar-refractivity contribution in [2.24, 2.45) is 0 Å². The van der Waals surface area contributed by atoms with Crippen LogP contribution >= 0.6 is 0 Å². The van der Waals surface area contributed by atoms with Gasteiger partial charge in [0.05, 0.1) is 10.9 Å². The summed E-state index contributed by atoms with van der Waals surface area (Å²) in [4.78, 5) is 25.3. The van der Waals surface area contributed by atoms with Crippen molar-refractivity contribution in [2.75, 3.05) is 13.4 Å². The van der Waals surface area contributed by atoms with Crippen LogP contribution in [0.25, 0.3) is 22.1 Å². The molecule has 1 aromatic heterocycles. The highest BCUT2D eigenvalue weighted by Crippen LogP contribution is 2.32. The van der Waals surface area contributed by atoms with Crippen molar-refractivity contribution in [3.8, 4) is 28.4 Å². The van der Waals surface area contributed by atoms with Gasteiger partial charge in [-0.3, -0.25) is 9.59 Å². The van der Waals surface area contributed by atoms with E-state index in [1.807, 2.05) is 48.5 Å². The Morgan fingerprint density at radius 3 is 2.67 bits per heavy atom. The smallest absolute Gasteiger partial charge is 0.258 e. The summed E-state index contributed by atoms with van der Waals surface area (Å²) in [5.74, 6) is 2.06. The van der Waals surface area contributed by atoms with Gasteiger partial charge in [0, 0.05) is 12.6 Å². The molecule has 166 valence electrons. The van der Waals surface area contributed by atoms with Gasteiger partial charge >= 0.3 is 0 Å². The number of carbonyl (C=O) groups excluding carboxylic acids is 1. The monoisotopic (exact) mass is 443 g/mol. The summed E-state index contributed by atoms with van der Waals surface area (Å²) in [7, 11) is 0. The maximum Gasteiger partial charge on any atom is 0.258 e. The number of aryl methyl sites for hydroxylation is 1. The Morgan fingerprint density at radius 1 is 1.00 bits per heavy atom. The fourth-order valence-electron chi connectivity index (χ4n) is 3.77. The van der Waals surface area contributed by atoms with Crippen molar-refractivity contribution >= 4 is 16.9 Å². The topological polar surface area (TPSA) is 87.0 Å². The molecule has 0 unspecified atom stereocenters. The number of nitrogens with one attached hydrogen (secondary N) is 1. The lowest BCUT2D eigenvalue weighted by molar-refractivity contribution is -0.123. The average Bonchev–Trinajstić information content (AvgIpc) is 3.30. The van der Waals surface area contributed by atoms with Crippen LogP contribution in [0, 0.1) is 6.92 Å². The van der Waals surface area contributed by atoms with Crippen LogP contribution in [0.2, 0.25) is 0 Å². The summed E-state index contributed by atoms with van der Waals surface area (Å²) in [5.41, 5.74) is 2.55. The van der Waals surface area contributed by atoms with Crippen LogP contribution in [0.4, 0.5) is 0 Å². The maximum atomic E-state index is 13.0. The SMILES string of the molecule is Cc1oc2cc(OCC(=O)NCc3ccc4c(c3)OCO4)ccc2c(=O)c1-c1ccccc1. The summed E-state index contributed by atoms with van der Waals surface area (Å²) in [6, 6.07) is 19.9. The first-order chi connectivity index (χ1) is 16.1. The third kappa shape index (κ3) is 4.25. The van der Waals surface area contributed by atoms with Gasteiger partial charge in [0.25, 0.3) is 5.91 Å². The lowest BCUT2D eigenvalue weighted by Crippen LogP contribution is -2.28. The van der Waals surface area contributed by atoms with E-state index in [4.69, 9.17) is 18.6 Å². The van der Waals surface area contributed by atoms with Crippen LogP contribution in [0.1, 0.15) is 11.3 Å². The predicted molar refractivity (Wildman–Crippen MR) is 123 cm³/mol. The Kier molecular flexibility index (Phi) is 5.44. The molecule has 7 heteroatoms. The van der Waals surface area contributed by atoms with Gasteiger partial charge in [0.1, 0.15) is 17.1 Å². The van der Waals surface area contributed by atoms with Crippen LogP contribution in [0.5, 0.6) is 17.2 Å². The molecular formula is C26H21NO6. The van der Waals surface area contributed by atoms with Gasteiger partial charge in [-0.25, -0.2) is 0 Å². The zero-order valence-corrected chi connectivity index (χ0v) is 17.9. The van der Waals surface area contributed by atoms with E-state index in [0.29, 0.717) is 46.1 Å². The molecule has 5 rings (SSSR count). The first kappa shape index (κ1) is 20.6. The van der Waals surface area contributed by atoms with Gasteiger partial charge in [-0.05, 0) is 42.3 Å². The van der Waals surface area contributed by atoms with E-state index < -0.39 is 0 Å². The first-order valence-electron chi connectivity index (χ1n) is 10.5. The third-order valence-corrected chi connectivity index (χ3v) is 5.40. The molecule has 1 N–H and O–H groups in total. The summed E-state index contributed by atoms with van der Waals surface area (Å²) in [6.45, 7) is 2.15. The molecule has 0 saturated heterocycles. The van der Waals surface area contributed by atoms with Crippen molar-refractivity contribution < 1.29 is 23.4 Å². The molecule has 33 heavy (non-hydrogen) atoms. The molecule has 0 aliphatic carbocycles. The van der Waals surface area contributed by atoms with E-state index in [1.165, 1.54) is 0 Å². The Bertz CT molecular complexity index is 1390. The van der Waals surface area contributed by atoms with E-state index in [9.17, 15) is 9.59 Å². The largest absolute Gasteiger partial charge is 0.484 e. The summed E-state index contributed by atoms with van der Waals surface area (Å²) >= 11 is 0. The van der Waals surface area contributed by atoms with Crippen LogP contribution in [0.15, 0.2) is 75.9 Å². The molecule has 0 fully saturated rings. The molecule has 1 aliphatic rings. The van der Waals surface area contributed by atoms with Crippen LogP contribution < -0.4 is 25.0 Å². The van der Waals surface area contributed by atoms with Gasteiger partial charge < -0.3 is 23.9 Å². The van der Waals surface area contributed by atoms with E-state index in [-0.39, 0.29) is 24.7 Å². The number of ether oxygens (including phenoxy) is 3. The van der Waals surface area contributed by atoms with Crippen molar-refractivity contribution in [3.63, 3.8) is 0 Å². The van der Waals surface area contributed by atoms with E-state index in [0.717, 1.165) is 11.1 Å². The number of fused-ring (bicyclic) bond motifs is 2. The molecule has 2 heterocycles. The molecule has 0 bridgehead atoms. The lowest BCUT2D eigenvalue weighted by Gasteiger charge is -2.10. The van der Waals surface area contributed by atoms with Crippen molar-refractivity contribution in [1.29, 1.82) is 0 Å². The van der Waals surface area contributed by atoms with Crippen LogP contribution in [-0.2, 0) is 11.3 Å². The Hall–Kier alpha value is -4.26. The van der Waals surface area contributed by atoms with Crippen molar-refractivity contribution in [1.82, 2.24) is 5.32 Å². The standard InChI is InChI=1S/C26H21NO6/c1-16-25(18-5-3-2-4-6-18)26(29)20-9-8-19(12-22(20)33-16)30-14-24(28)27-13-17-7-10-21-23(11-17)32-15-31-21/h2-12H,13-15H2,1H3,(H,27,28). The molecule has 1 amide bonds. The Balaban J connectivity index is 1.26. The molecule has 7 nitrogen and oxygen atoms in total. The minimum atomic E-state index is -0.273. The number of hydrogen-bond donors (Lipinski definition) is 1. The van der Waals surface area contributed by atoms with Gasteiger partial charge in [-0.2, -0.15) is 0 Å². The molecule has 0 saturated carbocycles. The Morgan fingerprint density at radius 2 is 1.82 bits per heavy atom. The van der Waals surface area contributed by atoms with E-state index >= 15 is 0 Å². The second-order valence-corrected chi connectivity index (χ2v) is 7.64.